The molecule has 0 fully saturated rings. The largest absolute Gasteiger partial charge is 0.215 e. The number of unbranched alkanes of at least 4 members (excludes halogenated alkanes) is 3. The zero-order chi connectivity index (χ0) is 13.4. The number of hydrogen-bond acceptors (Lipinski definition) is 2. The molecule has 104 valence electrons. The molecule has 1 N–H and O–H groups in total. The molecule has 0 radical (unpaired) electrons. The lowest BCUT2D eigenvalue weighted by atomic mass is 9.94. The summed E-state index contributed by atoms with van der Waals surface area (Å²) in [6.07, 6.45) is 4.71. The Bertz CT molecular complexity index is 283. The van der Waals surface area contributed by atoms with Crippen LogP contribution in [0.4, 0.5) is 0 Å². The topological polar surface area (TPSA) is 46.2 Å². The molecule has 0 unspecified atom stereocenters. The Morgan fingerprint density at radius 1 is 1.06 bits per heavy atom. The minimum atomic E-state index is -3.08. The Balaban J connectivity index is 3.65. The molecule has 0 aromatic carbocycles. The highest BCUT2D eigenvalue weighted by molar-refractivity contribution is 7.89. The van der Waals surface area contributed by atoms with Gasteiger partial charge in [0.05, 0.1) is 5.75 Å². The molecule has 0 aliphatic heterocycles. The van der Waals surface area contributed by atoms with E-state index >= 15 is 0 Å². The first-order valence-corrected chi connectivity index (χ1v) is 8.49. The molecule has 0 aliphatic rings. The first-order valence-electron chi connectivity index (χ1n) is 6.30. The van der Waals surface area contributed by atoms with Crippen LogP contribution in [-0.4, -0.2) is 26.6 Å². The van der Waals surface area contributed by atoms with Gasteiger partial charge in [0.25, 0.3) is 0 Å². The third-order valence-corrected chi connectivity index (χ3v) is 4.16. The van der Waals surface area contributed by atoms with Crippen molar-refractivity contribution in [3.05, 3.63) is 0 Å². The van der Waals surface area contributed by atoms with Gasteiger partial charge in [0.1, 0.15) is 0 Å². The smallest absolute Gasteiger partial charge is 0.211 e. The van der Waals surface area contributed by atoms with Gasteiger partial charge in [0.2, 0.25) is 10.0 Å². The van der Waals surface area contributed by atoms with Crippen LogP contribution in [0, 0.1) is 5.41 Å². The van der Waals surface area contributed by atoms with Gasteiger partial charge in [-0.15, -0.1) is 11.6 Å². The summed E-state index contributed by atoms with van der Waals surface area (Å²) in [5, 5.41) is 0. The molecule has 0 aliphatic carbocycles. The summed E-state index contributed by atoms with van der Waals surface area (Å²) >= 11 is 5.56. The summed E-state index contributed by atoms with van der Waals surface area (Å²) in [6.45, 7) is 6.70. The molecule has 0 saturated carbocycles. The van der Waals surface area contributed by atoms with Crippen LogP contribution in [0.5, 0.6) is 0 Å². The van der Waals surface area contributed by atoms with Gasteiger partial charge >= 0.3 is 0 Å². The van der Waals surface area contributed by atoms with E-state index in [0.29, 0.717) is 18.8 Å². The molecule has 0 aromatic heterocycles. The maximum atomic E-state index is 11.6. The van der Waals surface area contributed by atoms with E-state index in [4.69, 9.17) is 11.6 Å². The number of sulfonamides is 1. The molecule has 5 heteroatoms. The van der Waals surface area contributed by atoms with Crippen molar-refractivity contribution < 1.29 is 8.42 Å². The highest BCUT2D eigenvalue weighted by Crippen LogP contribution is 2.18. The minimum Gasteiger partial charge on any atom is -0.215 e. The monoisotopic (exact) mass is 283 g/mol. The lowest BCUT2D eigenvalue weighted by molar-refractivity contribution is 0.396. The fourth-order valence-corrected chi connectivity index (χ4v) is 2.98. The number of rotatable bonds is 9. The van der Waals surface area contributed by atoms with Crippen LogP contribution >= 0.6 is 11.6 Å². The van der Waals surface area contributed by atoms with E-state index < -0.39 is 10.0 Å². The Kier molecular flexibility index (Phi) is 8.43. The molecule has 0 bridgehead atoms. The van der Waals surface area contributed by atoms with Crippen LogP contribution in [0.1, 0.15) is 52.9 Å². The first-order chi connectivity index (χ1) is 7.77. The van der Waals surface area contributed by atoms with Crippen molar-refractivity contribution >= 4 is 21.6 Å². The van der Waals surface area contributed by atoms with Gasteiger partial charge in [-0.3, -0.25) is 0 Å². The second-order valence-electron chi connectivity index (χ2n) is 5.63. The van der Waals surface area contributed by atoms with Gasteiger partial charge in [-0.1, -0.05) is 33.6 Å². The summed E-state index contributed by atoms with van der Waals surface area (Å²) < 4.78 is 25.9. The third kappa shape index (κ3) is 12.4. The first kappa shape index (κ1) is 17.2. The van der Waals surface area contributed by atoms with Crippen molar-refractivity contribution in [3.63, 3.8) is 0 Å². The van der Waals surface area contributed by atoms with Gasteiger partial charge in [-0.25, -0.2) is 13.1 Å². The Hall–Kier alpha value is 0.200. The highest BCUT2D eigenvalue weighted by atomic mass is 35.5. The highest BCUT2D eigenvalue weighted by Gasteiger charge is 2.16. The van der Waals surface area contributed by atoms with Gasteiger partial charge in [-0.05, 0) is 24.7 Å². The van der Waals surface area contributed by atoms with Gasteiger partial charge in [0.15, 0.2) is 0 Å². The third-order valence-electron chi connectivity index (χ3n) is 2.50. The van der Waals surface area contributed by atoms with Crippen molar-refractivity contribution in [3.8, 4) is 0 Å². The Morgan fingerprint density at radius 2 is 1.65 bits per heavy atom. The van der Waals surface area contributed by atoms with Crippen LogP contribution in [0.15, 0.2) is 0 Å². The molecular formula is C12H26ClNO2S. The van der Waals surface area contributed by atoms with Crippen molar-refractivity contribution in [1.82, 2.24) is 4.72 Å². The van der Waals surface area contributed by atoms with E-state index in [-0.39, 0.29) is 11.2 Å². The summed E-state index contributed by atoms with van der Waals surface area (Å²) in [5.74, 6) is 0.912. The van der Waals surface area contributed by atoms with Crippen molar-refractivity contribution in [2.75, 3.05) is 18.2 Å². The van der Waals surface area contributed by atoms with Crippen LogP contribution in [0.25, 0.3) is 0 Å². The van der Waals surface area contributed by atoms with E-state index in [1.807, 2.05) is 0 Å². The molecule has 0 atom stereocenters. The normalized spacial score (nSPS) is 12.9. The minimum absolute atomic E-state index is 0.0646. The molecular weight excluding hydrogens is 258 g/mol. The van der Waals surface area contributed by atoms with Gasteiger partial charge < -0.3 is 0 Å². The molecule has 3 nitrogen and oxygen atoms in total. The molecule has 0 rings (SSSR count). The average Bonchev–Trinajstić information content (AvgIpc) is 2.20. The zero-order valence-corrected chi connectivity index (χ0v) is 12.8. The van der Waals surface area contributed by atoms with Crippen molar-refractivity contribution in [2.45, 2.75) is 52.9 Å². The van der Waals surface area contributed by atoms with E-state index in [1.54, 1.807) is 0 Å². The summed E-state index contributed by atoms with van der Waals surface area (Å²) in [5.41, 5.74) is 0.0646. The number of halogens is 1. The lowest BCUT2D eigenvalue weighted by Gasteiger charge is -2.17. The summed E-state index contributed by atoms with van der Waals surface area (Å²) in [6, 6.07) is 0. The molecule has 17 heavy (non-hydrogen) atoms. The fourth-order valence-electron chi connectivity index (χ4n) is 1.31. The average molecular weight is 284 g/mol. The van der Waals surface area contributed by atoms with Gasteiger partial charge in [-0.2, -0.15) is 0 Å². The standard InChI is InChI=1S/C12H26ClNO2S/c1-12(2,3)8-11-17(15,16)14-10-7-5-4-6-9-13/h14H,4-11H2,1-3H3. The van der Waals surface area contributed by atoms with Crippen LogP contribution in [-0.2, 0) is 10.0 Å². The maximum Gasteiger partial charge on any atom is 0.211 e. The predicted molar refractivity (Wildman–Crippen MR) is 75.0 cm³/mol. The quantitative estimate of drug-likeness (QED) is 0.522. The maximum absolute atomic E-state index is 11.6. The van der Waals surface area contributed by atoms with E-state index in [0.717, 1.165) is 25.7 Å². The molecule has 0 spiro atoms. The summed E-state index contributed by atoms with van der Waals surface area (Å²) in [7, 11) is -3.08. The van der Waals surface area contributed by atoms with E-state index in [9.17, 15) is 8.42 Å². The van der Waals surface area contributed by atoms with Crippen LogP contribution < -0.4 is 4.72 Å². The van der Waals surface area contributed by atoms with Crippen molar-refractivity contribution in [1.29, 1.82) is 0 Å². The fraction of sp³-hybridized carbons (Fsp3) is 1.00. The van der Waals surface area contributed by atoms with Gasteiger partial charge in [0, 0.05) is 12.4 Å². The summed E-state index contributed by atoms with van der Waals surface area (Å²) in [4.78, 5) is 0. The predicted octanol–water partition coefficient (Wildman–Crippen LogP) is 3.14. The molecule has 0 heterocycles. The second kappa shape index (κ2) is 8.33. The van der Waals surface area contributed by atoms with Crippen LogP contribution in [0.2, 0.25) is 0 Å². The second-order valence-corrected chi connectivity index (χ2v) is 7.93. The van der Waals surface area contributed by atoms with Crippen molar-refractivity contribution in [2.24, 2.45) is 5.41 Å². The SMILES string of the molecule is CC(C)(C)CCS(=O)(=O)NCCCCCCCl. The molecule has 0 amide bonds. The molecule has 0 aromatic rings. The molecule has 0 saturated heterocycles. The lowest BCUT2D eigenvalue weighted by Crippen LogP contribution is -2.29. The van der Waals surface area contributed by atoms with E-state index in [1.165, 1.54) is 0 Å². The Morgan fingerprint density at radius 3 is 2.18 bits per heavy atom. The number of alkyl halides is 1. The zero-order valence-electron chi connectivity index (χ0n) is 11.3. The Labute approximate surface area is 111 Å². The number of hydrogen-bond donors (Lipinski definition) is 1. The van der Waals surface area contributed by atoms with E-state index in [2.05, 4.69) is 25.5 Å². The number of nitrogens with one attached hydrogen (secondary N) is 1. The van der Waals surface area contributed by atoms with Crippen LogP contribution in [0.3, 0.4) is 0 Å².